The first-order valence-corrected chi connectivity index (χ1v) is 8.17. The lowest BCUT2D eigenvalue weighted by Gasteiger charge is -2.32. The van der Waals surface area contributed by atoms with E-state index in [0.29, 0.717) is 6.10 Å². The Morgan fingerprint density at radius 2 is 2.30 bits per heavy atom. The molecule has 3 rings (SSSR count). The maximum Gasteiger partial charge on any atom is 0.188 e. The zero-order valence-electron chi connectivity index (χ0n) is 12.4. The highest BCUT2D eigenvalue weighted by Gasteiger charge is 2.23. The summed E-state index contributed by atoms with van der Waals surface area (Å²) in [5.74, 6) is 0. The maximum absolute atomic E-state index is 5.90. The Labute approximate surface area is 123 Å². The molecule has 2 aromatic rings. The Morgan fingerprint density at radius 3 is 3.05 bits per heavy atom. The molecule has 20 heavy (non-hydrogen) atoms. The van der Waals surface area contributed by atoms with Gasteiger partial charge >= 0.3 is 0 Å². The van der Waals surface area contributed by atoms with Gasteiger partial charge in [-0.15, -0.1) is 0 Å². The van der Waals surface area contributed by atoms with E-state index in [1.165, 1.54) is 17.5 Å². The van der Waals surface area contributed by atoms with Crippen molar-refractivity contribution in [2.45, 2.75) is 39.2 Å². The predicted molar refractivity (Wildman–Crippen MR) is 82.6 cm³/mol. The van der Waals surface area contributed by atoms with Crippen molar-refractivity contribution in [3.8, 4) is 0 Å². The minimum Gasteiger partial charge on any atom is -0.376 e. The molecule has 0 amide bonds. The van der Waals surface area contributed by atoms with Gasteiger partial charge in [-0.1, -0.05) is 18.3 Å². The summed E-state index contributed by atoms with van der Waals surface area (Å²) < 4.78 is 8.99. The molecular weight excluding hydrogens is 272 g/mol. The van der Waals surface area contributed by atoms with Crippen molar-refractivity contribution < 1.29 is 4.74 Å². The summed E-state index contributed by atoms with van der Waals surface area (Å²) >= 11 is 1.75. The van der Waals surface area contributed by atoms with Crippen LogP contribution in [0.5, 0.6) is 0 Å². The van der Waals surface area contributed by atoms with Gasteiger partial charge in [-0.25, -0.2) is 9.67 Å². The molecule has 2 aromatic heterocycles. The molecule has 1 aliphatic rings. The summed E-state index contributed by atoms with van der Waals surface area (Å²) in [7, 11) is 1.96. The molecule has 5 nitrogen and oxygen atoms in total. The highest BCUT2D eigenvalue weighted by molar-refractivity contribution is 7.22. The second-order valence-corrected chi connectivity index (χ2v) is 6.42. The minimum absolute atomic E-state index is 0.356. The molecule has 1 unspecified atom stereocenters. The first-order chi connectivity index (χ1) is 9.69. The van der Waals surface area contributed by atoms with Crippen molar-refractivity contribution in [3.63, 3.8) is 0 Å². The molecule has 0 radical (unpaired) electrons. The second kappa shape index (κ2) is 5.69. The number of ether oxygens (including phenoxy) is 1. The lowest BCUT2D eigenvalue weighted by molar-refractivity contribution is 0.0440. The van der Waals surface area contributed by atoms with Gasteiger partial charge in [0.1, 0.15) is 0 Å². The maximum atomic E-state index is 5.90. The molecule has 6 heteroatoms. The summed E-state index contributed by atoms with van der Waals surface area (Å²) in [5.41, 5.74) is 2.07. The molecule has 1 aliphatic heterocycles. The highest BCUT2D eigenvalue weighted by atomic mass is 32.1. The summed E-state index contributed by atoms with van der Waals surface area (Å²) in [5, 5.41) is 5.53. The van der Waals surface area contributed by atoms with Gasteiger partial charge in [-0.3, -0.25) is 0 Å². The molecule has 1 fully saturated rings. The van der Waals surface area contributed by atoms with Crippen LogP contribution in [0.4, 0.5) is 5.13 Å². The van der Waals surface area contributed by atoms with E-state index >= 15 is 0 Å². The molecule has 0 aromatic carbocycles. The zero-order chi connectivity index (χ0) is 14.1. The molecule has 1 atom stereocenters. The average molecular weight is 294 g/mol. The van der Waals surface area contributed by atoms with Gasteiger partial charge in [0, 0.05) is 26.7 Å². The molecule has 1 saturated heterocycles. The Hall–Kier alpha value is -1.14. The predicted octanol–water partition coefficient (Wildman–Crippen LogP) is 2.73. The number of aromatic nitrogens is 3. The lowest BCUT2D eigenvalue weighted by Crippen LogP contribution is -2.39. The van der Waals surface area contributed by atoms with Gasteiger partial charge in [0.2, 0.25) is 0 Å². The van der Waals surface area contributed by atoms with Crippen molar-refractivity contribution in [1.82, 2.24) is 14.8 Å². The quantitative estimate of drug-likeness (QED) is 0.869. The monoisotopic (exact) mass is 294 g/mol. The van der Waals surface area contributed by atoms with E-state index in [9.17, 15) is 0 Å². The van der Waals surface area contributed by atoms with Crippen molar-refractivity contribution >= 4 is 26.8 Å². The number of anilines is 1. The molecule has 0 saturated carbocycles. The van der Waals surface area contributed by atoms with Crippen LogP contribution in [0.15, 0.2) is 0 Å². The minimum atomic E-state index is 0.356. The number of hydrogen-bond donors (Lipinski definition) is 0. The number of aryl methyl sites for hydroxylation is 2. The van der Waals surface area contributed by atoms with E-state index in [1.54, 1.807) is 11.3 Å². The third kappa shape index (κ3) is 2.54. The third-order valence-corrected chi connectivity index (χ3v) is 4.95. The summed E-state index contributed by atoms with van der Waals surface area (Å²) in [4.78, 5) is 7.13. The highest BCUT2D eigenvalue weighted by Crippen LogP contribution is 2.32. The number of piperidine rings is 1. The largest absolute Gasteiger partial charge is 0.376 e. The molecular formula is C14H22N4OS. The van der Waals surface area contributed by atoms with Crippen LogP contribution in [0.25, 0.3) is 10.3 Å². The van der Waals surface area contributed by atoms with Gasteiger partial charge in [0.15, 0.2) is 10.8 Å². The van der Waals surface area contributed by atoms with Crippen LogP contribution in [-0.2, 0) is 11.8 Å². The number of hydrogen-bond acceptors (Lipinski definition) is 5. The Morgan fingerprint density at radius 1 is 1.45 bits per heavy atom. The summed E-state index contributed by atoms with van der Waals surface area (Å²) in [6, 6.07) is 0. The topological polar surface area (TPSA) is 43.2 Å². The van der Waals surface area contributed by atoms with Gasteiger partial charge in [0.05, 0.1) is 16.5 Å². The van der Waals surface area contributed by atoms with E-state index in [-0.39, 0.29) is 0 Å². The van der Waals surface area contributed by atoms with Gasteiger partial charge in [-0.05, 0) is 26.2 Å². The van der Waals surface area contributed by atoms with Crippen molar-refractivity contribution in [1.29, 1.82) is 0 Å². The first-order valence-electron chi connectivity index (χ1n) is 7.35. The van der Waals surface area contributed by atoms with Crippen LogP contribution in [0, 0.1) is 6.92 Å². The molecule has 3 heterocycles. The standard InChI is InChI=1S/C14H22N4OS/c1-4-8-19-11-6-5-7-18(9-11)14-15-13-12(20-14)10(2)16-17(13)3/h11H,4-9H2,1-3H3. The molecule has 0 aliphatic carbocycles. The Kier molecular flexibility index (Phi) is 3.94. The van der Waals surface area contributed by atoms with E-state index in [1.807, 2.05) is 18.7 Å². The summed E-state index contributed by atoms with van der Waals surface area (Å²) in [6.07, 6.45) is 3.79. The van der Waals surface area contributed by atoms with Crippen molar-refractivity contribution in [2.24, 2.45) is 7.05 Å². The molecule has 0 bridgehead atoms. The smallest absolute Gasteiger partial charge is 0.188 e. The van der Waals surface area contributed by atoms with E-state index in [4.69, 9.17) is 9.72 Å². The first kappa shape index (κ1) is 13.8. The van der Waals surface area contributed by atoms with Gasteiger partial charge in [0.25, 0.3) is 0 Å². The lowest BCUT2D eigenvalue weighted by atomic mass is 10.1. The number of fused-ring (bicyclic) bond motifs is 1. The van der Waals surface area contributed by atoms with Gasteiger partial charge in [-0.2, -0.15) is 5.10 Å². The molecule has 110 valence electrons. The van der Waals surface area contributed by atoms with Crippen molar-refractivity contribution in [3.05, 3.63) is 5.69 Å². The second-order valence-electron chi connectivity index (χ2n) is 5.44. The summed E-state index contributed by atoms with van der Waals surface area (Å²) in [6.45, 7) is 7.11. The van der Waals surface area contributed by atoms with E-state index in [2.05, 4.69) is 16.9 Å². The van der Waals surface area contributed by atoms with Crippen molar-refractivity contribution in [2.75, 3.05) is 24.6 Å². The van der Waals surface area contributed by atoms with Crippen LogP contribution < -0.4 is 4.90 Å². The average Bonchev–Trinajstić information content (AvgIpc) is 3.00. The fourth-order valence-electron chi connectivity index (χ4n) is 2.74. The van der Waals surface area contributed by atoms with Crippen LogP contribution in [0.3, 0.4) is 0 Å². The molecule has 0 N–H and O–H groups in total. The van der Waals surface area contributed by atoms with Crippen LogP contribution in [0.2, 0.25) is 0 Å². The van der Waals surface area contributed by atoms with Gasteiger partial charge < -0.3 is 9.64 Å². The fourth-order valence-corrected chi connectivity index (χ4v) is 3.81. The SMILES string of the molecule is CCCOC1CCCN(c2nc3c(s2)c(C)nn3C)C1. The number of thiazole rings is 1. The normalized spacial score (nSPS) is 19.9. The Balaban J connectivity index is 1.78. The number of nitrogens with zero attached hydrogens (tertiary/aromatic N) is 4. The molecule has 0 spiro atoms. The zero-order valence-corrected chi connectivity index (χ0v) is 13.2. The van der Waals surface area contributed by atoms with E-state index < -0.39 is 0 Å². The van der Waals surface area contributed by atoms with Crippen LogP contribution >= 0.6 is 11.3 Å². The number of rotatable bonds is 4. The van der Waals surface area contributed by atoms with Crippen LogP contribution in [0.1, 0.15) is 31.9 Å². The van der Waals surface area contributed by atoms with E-state index in [0.717, 1.165) is 42.6 Å². The third-order valence-electron chi connectivity index (χ3n) is 3.74. The van der Waals surface area contributed by atoms with Crippen LogP contribution in [-0.4, -0.2) is 40.6 Å². The Bertz CT molecular complexity index is 557. The fraction of sp³-hybridized carbons (Fsp3) is 0.714.